The van der Waals surface area contributed by atoms with Gasteiger partial charge in [0.15, 0.2) is 0 Å². The molecule has 2 unspecified atom stereocenters. The maximum atomic E-state index is 5.36. The molecule has 86 valence electrons. The molecule has 2 atom stereocenters. The summed E-state index contributed by atoms with van der Waals surface area (Å²) in [4.78, 5) is 2.70. The lowest BCUT2D eigenvalue weighted by Crippen LogP contribution is -2.50. The topological polar surface area (TPSA) is 24.5 Å². The quantitative estimate of drug-likeness (QED) is 0.735. The van der Waals surface area contributed by atoms with E-state index in [0.29, 0.717) is 6.10 Å². The molecule has 3 fully saturated rings. The summed E-state index contributed by atoms with van der Waals surface area (Å²) >= 11 is 0. The predicted molar refractivity (Wildman–Crippen MR) is 60.0 cm³/mol. The molecular formula is C12H22N2O. The third-order valence-corrected chi connectivity index (χ3v) is 4.47. The van der Waals surface area contributed by atoms with Gasteiger partial charge in [-0.2, -0.15) is 0 Å². The number of ether oxygens (including phenoxy) is 1. The third-order valence-electron chi connectivity index (χ3n) is 4.47. The zero-order valence-electron chi connectivity index (χ0n) is 9.61. The summed E-state index contributed by atoms with van der Waals surface area (Å²) < 4.78 is 5.36. The van der Waals surface area contributed by atoms with Crippen molar-refractivity contribution >= 4 is 0 Å². The van der Waals surface area contributed by atoms with E-state index in [1.807, 2.05) is 7.11 Å². The molecule has 0 aromatic heterocycles. The van der Waals surface area contributed by atoms with Crippen LogP contribution in [0.25, 0.3) is 0 Å². The monoisotopic (exact) mass is 210 g/mol. The van der Waals surface area contributed by atoms with Crippen LogP contribution in [0.2, 0.25) is 0 Å². The second kappa shape index (κ2) is 4.04. The molecule has 3 aliphatic rings. The average Bonchev–Trinajstić information content (AvgIpc) is 2.47. The number of hydrogen-bond donors (Lipinski definition) is 1. The maximum absolute atomic E-state index is 5.36. The summed E-state index contributed by atoms with van der Waals surface area (Å²) in [7, 11) is 1.84. The summed E-state index contributed by atoms with van der Waals surface area (Å²) in [5.74, 6) is 0. The molecule has 0 radical (unpaired) electrons. The number of nitrogens with zero attached hydrogens (tertiary/aromatic N) is 1. The Kier molecular flexibility index (Phi) is 2.71. The molecule has 2 bridgehead atoms. The van der Waals surface area contributed by atoms with Gasteiger partial charge in [0.25, 0.3) is 0 Å². The van der Waals surface area contributed by atoms with Crippen molar-refractivity contribution in [3.63, 3.8) is 0 Å². The lowest BCUT2D eigenvalue weighted by molar-refractivity contribution is -0.0281. The van der Waals surface area contributed by atoms with Crippen LogP contribution >= 0.6 is 0 Å². The fourth-order valence-electron chi connectivity index (χ4n) is 3.33. The fraction of sp³-hybridized carbons (Fsp3) is 1.00. The zero-order valence-corrected chi connectivity index (χ0v) is 9.61. The molecule has 3 nitrogen and oxygen atoms in total. The molecule has 0 spiro atoms. The van der Waals surface area contributed by atoms with E-state index in [-0.39, 0.29) is 0 Å². The number of nitrogens with one attached hydrogen (secondary N) is 1. The Morgan fingerprint density at radius 1 is 1.13 bits per heavy atom. The molecule has 2 heterocycles. The second-order valence-corrected chi connectivity index (χ2v) is 5.40. The normalized spacial score (nSPS) is 46.2. The lowest BCUT2D eigenvalue weighted by Gasteiger charge is -2.42. The van der Waals surface area contributed by atoms with Gasteiger partial charge < -0.3 is 10.1 Å². The van der Waals surface area contributed by atoms with Gasteiger partial charge in [-0.25, -0.2) is 0 Å². The SMILES string of the molecule is COC1CC(N2CCC3CCC(C2)N3)C1. The molecule has 1 N–H and O–H groups in total. The predicted octanol–water partition coefficient (Wildman–Crippen LogP) is 0.990. The molecule has 1 aliphatic carbocycles. The maximum Gasteiger partial charge on any atom is 0.0601 e. The Bertz CT molecular complexity index is 228. The smallest absolute Gasteiger partial charge is 0.0601 e. The Morgan fingerprint density at radius 2 is 1.93 bits per heavy atom. The first kappa shape index (κ1) is 10.1. The zero-order chi connectivity index (χ0) is 10.3. The molecule has 0 amide bonds. The van der Waals surface area contributed by atoms with Crippen molar-refractivity contribution in [1.29, 1.82) is 0 Å². The third kappa shape index (κ3) is 1.93. The number of methoxy groups -OCH3 is 1. The Balaban J connectivity index is 1.54. The van der Waals surface area contributed by atoms with Crippen LogP contribution < -0.4 is 5.32 Å². The molecule has 2 saturated heterocycles. The molecule has 3 rings (SSSR count). The summed E-state index contributed by atoms with van der Waals surface area (Å²) in [5.41, 5.74) is 0. The molecule has 3 heteroatoms. The summed E-state index contributed by atoms with van der Waals surface area (Å²) in [6, 6.07) is 2.41. The van der Waals surface area contributed by atoms with Crippen LogP contribution in [0.4, 0.5) is 0 Å². The summed E-state index contributed by atoms with van der Waals surface area (Å²) in [5, 5.41) is 3.74. The largest absolute Gasteiger partial charge is 0.381 e. The highest BCUT2D eigenvalue weighted by molar-refractivity contribution is 4.95. The van der Waals surface area contributed by atoms with Gasteiger partial charge in [0.2, 0.25) is 0 Å². The van der Waals surface area contributed by atoms with Crippen molar-refractivity contribution in [3.05, 3.63) is 0 Å². The fourth-order valence-corrected chi connectivity index (χ4v) is 3.33. The van der Waals surface area contributed by atoms with E-state index in [2.05, 4.69) is 10.2 Å². The van der Waals surface area contributed by atoms with Crippen molar-refractivity contribution in [3.8, 4) is 0 Å². The van der Waals surface area contributed by atoms with Crippen LogP contribution in [0, 0.1) is 0 Å². The van der Waals surface area contributed by atoms with Gasteiger partial charge in [0.1, 0.15) is 0 Å². The van der Waals surface area contributed by atoms with Crippen LogP contribution in [-0.4, -0.2) is 49.3 Å². The first-order valence-corrected chi connectivity index (χ1v) is 6.38. The van der Waals surface area contributed by atoms with Gasteiger partial charge in [-0.05, 0) is 38.6 Å². The van der Waals surface area contributed by atoms with Gasteiger partial charge in [0, 0.05) is 31.8 Å². The second-order valence-electron chi connectivity index (χ2n) is 5.40. The standard InChI is InChI=1S/C12H22N2O/c1-15-12-6-11(7-12)14-5-4-9-2-3-10(8-14)13-9/h9-13H,2-8H2,1H3. The first-order chi connectivity index (χ1) is 7.35. The highest BCUT2D eigenvalue weighted by Gasteiger charge is 2.37. The van der Waals surface area contributed by atoms with Crippen LogP contribution in [-0.2, 0) is 4.74 Å². The van der Waals surface area contributed by atoms with E-state index in [1.54, 1.807) is 0 Å². The lowest BCUT2D eigenvalue weighted by atomic mass is 9.87. The van der Waals surface area contributed by atoms with E-state index in [4.69, 9.17) is 4.74 Å². The van der Waals surface area contributed by atoms with Gasteiger partial charge in [-0.3, -0.25) is 4.90 Å². The highest BCUT2D eigenvalue weighted by atomic mass is 16.5. The Hall–Kier alpha value is -0.120. The molecule has 2 aliphatic heterocycles. The molecule has 0 aromatic carbocycles. The molecule has 15 heavy (non-hydrogen) atoms. The van der Waals surface area contributed by atoms with Crippen LogP contribution in [0.5, 0.6) is 0 Å². The summed E-state index contributed by atoms with van der Waals surface area (Å²) in [6.45, 7) is 2.58. The minimum Gasteiger partial charge on any atom is -0.381 e. The minimum atomic E-state index is 0.545. The summed E-state index contributed by atoms with van der Waals surface area (Å²) in [6.07, 6.45) is 7.21. The van der Waals surface area contributed by atoms with Crippen LogP contribution in [0.3, 0.4) is 0 Å². The number of fused-ring (bicyclic) bond motifs is 2. The van der Waals surface area contributed by atoms with Crippen molar-refractivity contribution in [2.45, 2.75) is 56.3 Å². The number of rotatable bonds is 2. The van der Waals surface area contributed by atoms with Crippen molar-refractivity contribution < 1.29 is 4.74 Å². The van der Waals surface area contributed by atoms with E-state index in [0.717, 1.165) is 18.1 Å². The van der Waals surface area contributed by atoms with Crippen LogP contribution in [0.15, 0.2) is 0 Å². The van der Waals surface area contributed by atoms with Gasteiger partial charge in [-0.15, -0.1) is 0 Å². The van der Waals surface area contributed by atoms with Crippen LogP contribution in [0.1, 0.15) is 32.1 Å². The van der Waals surface area contributed by atoms with E-state index in [9.17, 15) is 0 Å². The Labute approximate surface area is 92.2 Å². The van der Waals surface area contributed by atoms with Gasteiger partial charge in [0.05, 0.1) is 6.10 Å². The minimum absolute atomic E-state index is 0.545. The Morgan fingerprint density at radius 3 is 2.73 bits per heavy atom. The average molecular weight is 210 g/mol. The molecule has 1 saturated carbocycles. The van der Waals surface area contributed by atoms with Crippen molar-refractivity contribution in [2.75, 3.05) is 20.2 Å². The van der Waals surface area contributed by atoms with Crippen molar-refractivity contribution in [1.82, 2.24) is 10.2 Å². The molecule has 0 aromatic rings. The first-order valence-electron chi connectivity index (χ1n) is 6.38. The van der Waals surface area contributed by atoms with Crippen molar-refractivity contribution in [2.24, 2.45) is 0 Å². The van der Waals surface area contributed by atoms with E-state index < -0.39 is 0 Å². The van der Waals surface area contributed by atoms with Gasteiger partial charge >= 0.3 is 0 Å². The van der Waals surface area contributed by atoms with E-state index >= 15 is 0 Å². The highest BCUT2D eigenvalue weighted by Crippen LogP contribution is 2.31. The van der Waals surface area contributed by atoms with Gasteiger partial charge in [-0.1, -0.05) is 0 Å². The number of hydrogen-bond acceptors (Lipinski definition) is 3. The van der Waals surface area contributed by atoms with E-state index in [1.165, 1.54) is 45.2 Å². The molecular weight excluding hydrogens is 188 g/mol. The number of likely N-dealkylation sites (tertiary alicyclic amines) is 1.